The van der Waals surface area contributed by atoms with Gasteiger partial charge in [-0.2, -0.15) is 16.1 Å². The number of nitrogens with zero attached hydrogens (tertiary/aromatic N) is 1. The largest absolute Gasteiger partial charge is 0.492 e. The van der Waals surface area contributed by atoms with Crippen LogP contribution in [0.1, 0.15) is 33.1 Å². The van der Waals surface area contributed by atoms with Gasteiger partial charge >= 0.3 is 0 Å². The number of anilines is 1. The van der Waals surface area contributed by atoms with E-state index in [2.05, 4.69) is 5.32 Å². The van der Waals surface area contributed by atoms with Crippen molar-refractivity contribution in [2.24, 2.45) is 0 Å². The summed E-state index contributed by atoms with van der Waals surface area (Å²) < 4.78 is 32.8. The highest BCUT2D eigenvalue weighted by molar-refractivity contribution is 7.99. The fourth-order valence-corrected chi connectivity index (χ4v) is 4.96. The summed E-state index contributed by atoms with van der Waals surface area (Å²) in [5, 5.41) is 2.78. The Hall–Kier alpha value is -1.25. The molecule has 1 fully saturated rings. The monoisotopic (exact) mass is 386 g/mol. The number of benzene rings is 1. The average molecular weight is 387 g/mol. The number of hydrogen-bond donors (Lipinski definition) is 1. The Balaban J connectivity index is 2.22. The van der Waals surface area contributed by atoms with Gasteiger partial charge in [-0.25, -0.2) is 8.42 Å². The number of rotatable bonds is 9. The molecule has 0 spiro atoms. The summed E-state index contributed by atoms with van der Waals surface area (Å²) in [7, 11) is -3.62. The number of amides is 1. The minimum Gasteiger partial charge on any atom is -0.492 e. The average Bonchev–Trinajstić information content (AvgIpc) is 3.12. The molecule has 1 heterocycles. The Morgan fingerprint density at radius 1 is 1.28 bits per heavy atom. The van der Waals surface area contributed by atoms with Crippen molar-refractivity contribution in [3.05, 3.63) is 18.2 Å². The number of sulfonamides is 1. The van der Waals surface area contributed by atoms with Crippen LogP contribution in [0.5, 0.6) is 5.75 Å². The van der Waals surface area contributed by atoms with Crippen molar-refractivity contribution < 1.29 is 17.9 Å². The molecule has 25 heavy (non-hydrogen) atoms. The number of carbonyl (C=O) groups is 1. The minimum absolute atomic E-state index is 0.116. The second-order valence-corrected chi connectivity index (χ2v) is 9.00. The fourth-order valence-electron chi connectivity index (χ4n) is 2.66. The third kappa shape index (κ3) is 5.36. The van der Waals surface area contributed by atoms with Gasteiger partial charge in [0.1, 0.15) is 10.6 Å². The summed E-state index contributed by atoms with van der Waals surface area (Å²) in [6, 6.07) is 4.80. The molecule has 8 heteroatoms. The Bertz CT molecular complexity index is 686. The molecule has 0 aromatic heterocycles. The Morgan fingerprint density at radius 3 is 2.64 bits per heavy atom. The van der Waals surface area contributed by atoms with Crippen LogP contribution in [0.4, 0.5) is 5.69 Å². The van der Waals surface area contributed by atoms with Gasteiger partial charge in [0, 0.05) is 31.0 Å². The van der Waals surface area contributed by atoms with E-state index in [1.165, 1.54) is 10.4 Å². The van der Waals surface area contributed by atoms with Gasteiger partial charge in [0.2, 0.25) is 15.9 Å². The van der Waals surface area contributed by atoms with Gasteiger partial charge in [-0.1, -0.05) is 6.92 Å². The molecule has 2 rings (SSSR count). The Labute approximate surface area is 154 Å². The zero-order valence-corrected chi connectivity index (χ0v) is 16.4. The van der Waals surface area contributed by atoms with Crippen LogP contribution in [0.15, 0.2) is 23.1 Å². The van der Waals surface area contributed by atoms with Crippen LogP contribution in [0.3, 0.4) is 0 Å². The zero-order chi connectivity index (χ0) is 18.3. The van der Waals surface area contributed by atoms with E-state index in [0.29, 0.717) is 37.6 Å². The molecular weight excluding hydrogens is 360 g/mol. The normalized spacial score (nSPS) is 15.3. The van der Waals surface area contributed by atoms with Crippen molar-refractivity contribution in [2.75, 3.05) is 36.5 Å². The van der Waals surface area contributed by atoms with Gasteiger partial charge in [0.25, 0.3) is 0 Å². The van der Waals surface area contributed by atoms with Crippen molar-refractivity contribution >= 4 is 33.4 Å². The van der Waals surface area contributed by atoms with Gasteiger partial charge in [-0.15, -0.1) is 0 Å². The maximum absolute atomic E-state index is 12.9. The first-order chi connectivity index (χ1) is 12.0. The van der Waals surface area contributed by atoms with Crippen LogP contribution in [0.2, 0.25) is 0 Å². The predicted octanol–water partition coefficient (Wildman–Crippen LogP) is 2.95. The molecule has 1 aliphatic rings. The number of ether oxygens (including phenoxy) is 1. The highest BCUT2D eigenvalue weighted by Crippen LogP contribution is 2.31. The van der Waals surface area contributed by atoms with Crippen LogP contribution in [-0.2, 0) is 14.8 Å². The SMILES string of the molecule is CCOc1ccc(NC(=O)CCSCC)cc1S(=O)(=O)N1CCCC1. The van der Waals surface area contributed by atoms with Crippen molar-refractivity contribution in [1.82, 2.24) is 4.31 Å². The zero-order valence-electron chi connectivity index (χ0n) is 14.8. The number of thioether (sulfide) groups is 1. The summed E-state index contributed by atoms with van der Waals surface area (Å²) in [5.74, 6) is 1.93. The predicted molar refractivity (Wildman–Crippen MR) is 102 cm³/mol. The first kappa shape index (κ1) is 20.1. The summed E-state index contributed by atoms with van der Waals surface area (Å²) in [6.45, 7) is 5.29. The van der Waals surface area contributed by atoms with E-state index in [-0.39, 0.29) is 10.8 Å². The molecule has 0 bridgehead atoms. The van der Waals surface area contributed by atoms with Crippen LogP contribution in [-0.4, -0.2) is 49.8 Å². The van der Waals surface area contributed by atoms with E-state index in [4.69, 9.17) is 4.74 Å². The molecule has 0 atom stereocenters. The molecular formula is C17H26N2O4S2. The lowest BCUT2D eigenvalue weighted by Crippen LogP contribution is -2.28. The van der Waals surface area contributed by atoms with Crippen LogP contribution >= 0.6 is 11.8 Å². The van der Waals surface area contributed by atoms with Gasteiger partial charge in [0.15, 0.2) is 0 Å². The van der Waals surface area contributed by atoms with E-state index in [0.717, 1.165) is 24.3 Å². The molecule has 1 saturated heterocycles. The van der Waals surface area contributed by atoms with Gasteiger partial charge in [-0.05, 0) is 43.7 Å². The van der Waals surface area contributed by atoms with Crippen molar-refractivity contribution in [1.29, 1.82) is 0 Å². The molecule has 1 amide bonds. The molecule has 0 radical (unpaired) electrons. The highest BCUT2D eigenvalue weighted by atomic mass is 32.2. The van der Waals surface area contributed by atoms with Gasteiger partial charge < -0.3 is 10.1 Å². The summed E-state index contributed by atoms with van der Waals surface area (Å²) >= 11 is 1.70. The molecule has 6 nitrogen and oxygen atoms in total. The Morgan fingerprint density at radius 2 is 2.00 bits per heavy atom. The first-order valence-electron chi connectivity index (χ1n) is 8.63. The van der Waals surface area contributed by atoms with Crippen LogP contribution in [0, 0.1) is 0 Å². The Kier molecular flexibility index (Phi) is 7.58. The van der Waals surface area contributed by atoms with Crippen LogP contribution in [0.25, 0.3) is 0 Å². The highest BCUT2D eigenvalue weighted by Gasteiger charge is 2.30. The minimum atomic E-state index is -3.62. The van der Waals surface area contributed by atoms with E-state index in [1.807, 2.05) is 13.8 Å². The number of carbonyl (C=O) groups excluding carboxylic acids is 1. The molecule has 0 saturated carbocycles. The second kappa shape index (κ2) is 9.45. The topological polar surface area (TPSA) is 75.7 Å². The van der Waals surface area contributed by atoms with Gasteiger partial charge in [0.05, 0.1) is 6.61 Å². The molecule has 1 aromatic carbocycles. The van der Waals surface area contributed by atoms with E-state index >= 15 is 0 Å². The summed E-state index contributed by atoms with van der Waals surface area (Å²) in [5.41, 5.74) is 0.479. The fraction of sp³-hybridized carbons (Fsp3) is 0.588. The molecule has 140 valence electrons. The van der Waals surface area contributed by atoms with E-state index in [9.17, 15) is 13.2 Å². The second-order valence-electron chi connectivity index (χ2n) is 5.70. The maximum atomic E-state index is 12.9. The van der Waals surface area contributed by atoms with Gasteiger partial charge in [-0.3, -0.25) is 4.79 Å². The summed E-state index contributed by atoms with van der Waals surface area (Å²) in [4.78, 5) is 12.1. The maximum Gasteiger partial charge on any atom is 0.246 e. The van der Waals surface area contributed by atoms with E-state index in [1.54, 1.807) is 23.9 Å². The smallest absolute Gasteiger partial charge is 0.246 e. The molecule has 0 aliphatic carbocycles. The van der Waals surface area contributed by atoms with Crippen molar-refractivity contribution in [2.45, 2.75) is 38.0 Å². The quantitative estimate of drug-likeness (QED) is 0.661. The first-order valence-corrected chi connectivity index (χ1v) is 11.2. The molecule has 1 N–H and O–H groups in total. The standard InChI is InChI=1S/C17H26N2O4S2/c1-3-23-15-8-7-14(18-17(20)9-12-24-4-2)13-16(15)25(21,22)19-10-5-6-11-19/h7-8,13H,3-6,9-12H2,1-2H3,(H,18,20). The summed E-state index contributed by atoms with van der Waals surface area (Å²) in [6.07, 6.45) is 2.14. The third-order valence-electron chi connectivity index (χ3n) is 3.89. The van der Waals surface area contributed by atoms with Crippen molar-refractivity contribution in [3.8, 4) is 5.75 Å². The molecule has 1 aromatic rings. The van der Waals surface area contributed by atoms with Crippen molar-refractivity contribution in [3.63, 3.8) is 0 Å². The number of hydrogen-bond acceptors (Lipinski definition) is 5. The lowest BCUT2D eigenvalue weighted by atomic mass is 10.3. The lowest BCUT2D eigenvalue weighted by Gasteiger charge is -2.19. The number of nitrogens with one attached hydrogen (secondary N) is 1. The third-order valence-corrected chi connectivity index (χ3v) is 6.71. The lowest BCUT2D eigenvalue weighted by molar-refractivity contribution is -0.115. The van der Waals surface area contributed by atoms with Crippen LogP contribution < -0.4 is 10.1 Å². The molecule has 1 aliphatic heterocycles. The van der Waals surface area contributed by atoms with E-state index < -0.39 is 10.0 Å². The molecule has 0 unspecified atom stereocenters.